The summed E-state index contributed by atoms with van der Waals surface area (Å²) in [6, 6.07) is 3.70. The van der Waals surface area contributed by atoms with Crippen LogP contribution in [0, 0.1) is 10.1 Å². The highest BCUT2D eigenvalue weighted by molar-refractivity contribution is 6.03. The molecule has 2 aliphatic rings. The monoisotopic (exact) mass is 289 g/mol. The van der Waals surface area contributed by atoms with Crippen molar-refractivity contribution in [3.8, 4) is 0 Å². The Morgan fingerprint density at radius 2 is 2.10 bits per heavy atom. The number of fused-ring (bicyclic) bond motifs is 1. The lowest BCUT2D eigenvalue weighted by Crippen LogP contribution is -2.38. The second-order valence-corrected chi connectivity index (χ2v) is 5.91. The van der Waals surface area contributed by atoms with Crippen LogP contribution >= 0.6 is 0 Å². The molecule has 1 unspecified atom stereocenters. The average molecular weight is 289 g/mol. The Morgan fingerprint density at radius 1 is 1.33 bits per heavy atom. The number of hydrogen-bond donors (Lipinski definition) is 0. The number of carbonyl (C=O) groups is 1. The number of amides is 1. The molecule has 0 spiro atoms. The van der Waals surface area contributed by atoms with Gasteiger partial charge in [0, 0.05) is 43.5 Å². The van der Waals surface area contributed by atoms with E-state index in [2.05, 4.69) is 11.8 Å². The van der Waals surface area contributed by atoms with Crippen molar-refractivity contribution in [1.82, 2.24) is 4.90 Å². The summed E-state index contributed by atoms with van der Waals surface area (Å²) < 4.78 is 0. The summed E-state index contributed by atoms with van der Waals surface area (Å²) in [5, 5.41) is 11.2. The Morgan fingerprint density at radius 3 is 2.76 bits per heavy atom. The number of rotatable bonds is 2. The fourth-order valence-electron chi connectivity index (χ4n) is 3.40. The van der Waals surface area contributed by atoms with Crippen molar-refractivity contribution in [2.75, 3.05) is 18.5 Å². The normalized spacial score (nSPS) is 21.6. The van der Waals surface area contributed by atoms with E-state index in [1.807, 2.05) is 6.07 Å². The zero-order valence-electron chi connectivity index (χ0n) is 12.3. The highest BCUT2D eigenvalue weighted by Crippen LogP contribution is 2.38. The van der Waals surface area contributed by atoms with E-state index in [9.17, 15) is 14.9 Å². The minimum absolute atomic E-state index is 0.0761. The summed E-state index contributed by atoms with van der Waals surface area (Å²) in [6.45, 7) is 3.57. The molecular weight excluding hydrogens is 270 g/mol. The standard InChI is InChI=1S/C15H19N3O3/c1-10-5-3-4-8-17(10)12-6-7-13(18(20)21)14-11(12)9-16(2)15(14)19/h6-7,10H,3-5,8-9H2,1-2H3. The number of nitro groups is 1. The Kier molecular flexibility index (Phi) is 3.31. The zero-order chi connectivity index (χ0) is 15.1. The van der Waals surface area contributed by atoms with Gasteiger partial charge in [0.2, 0.25) is 0 Å². The van der Waals surface area contributed by atoms with Crippen LogP contribution in [-0.2, 0) is 6.54 Å². The van der Waals surface area contributed by atoms with Gasteiger partial charge in [-0.2, -0.15) is 0 Å². The summed E-state index contributed by atoms with van der Waals surface area (Å²) in [6.07, 6.45) is 3.46. The number of nitrogens with zero attached hydrogens (tertiary/aromatic N) is 3. The topological polar surface area (TPSA) is 66.7 Å². The quantitative estimate of drug-likeness (QED) is 0.620. The summed E-state index contributed by atoms with van der Waals surface area (Å²) in [7, 11) is 1.69. The molecule has 2 aliphatic heterocycles. The minimum Gasteiger partial charge on any atom is -0.369 e. The van der Waals surface area contributed by atoms with Crippen molar-refractivity contribution in [3.05, 3.63) is 33.4 Å². The molecule has 1 amide bonds. The molecule has 0 saturated carbocycles. The molecule has 6 nitrogen and oxygen atoms in total. The first kappa shape index (κ1) is 13.9. The third-order valence-electron chi connectivity index (χ3n) is 4.53. The molecule has 3 rings (SSSR count). The first-order valence-corrected chi connectivity index (χ1v) is 7.33. The molecule has 1 atom stereocenters. The molecule has 112 valence electrons. The molecule has 1 aromatic carbocycles. The van der Waals surface area contributed by atoms with Gasteiger partial charge in [-0.3, -0.25) is 14.9 Å². The van der Waals surface area contributed by atoms with Crippen molar-refractivity contribution in [3.63, 3.8) is 0 Å². The maximum absolute atomic E-state index is 12.2. The maximum atomic E-state index is 12.2. The van der Waals surface area contributed by atoms with Gasteiger partial charge in [-0.25, -0.2) is 0 Å². The second kappa shape index (κ2) is 5.02. The third kappa shape index (κ3) is 2.14. The number of piperidine rings is 1. The largest absolute Gasteiger partial charge is 0.369 e. The van der Waals surface area contributed by atoms with E-state index in [0.29, 0.717) is 12.6 Å². The number of carbonyl (C=O) groups excluding carboxylic acids is 1. The predicted molar refractivity (Wildman–Crippen MR) is 79.6 cm³/mol. The van der Waals surface area contributed by atoms with Crippen LogP contribution in [0.5, 0.6) is 0 Å². The summed E-state index contributed by atoms with van der Waals surface area (Å²) >= 11 is 0. The Bertz CT molecular complexity index is 614. The Balaban J connectivity index is 2.12. The molecule has 21 heavy (non-hydrogen) atoms. The summed E-state index contributed by atoms with van der Waals surface area (Å²) in [5.74, 6) is -0.247. The molecule has 0 N–H and O–H groups in total. The third-order valence-corrected chi connectivity index (χ3v) is 4.53. The first-order valence-electron chi connectivity index (χ1n) is 7.33. The molecule has 1 fully saturated rings. The summed E-state index contributed by atoms with van der Waals surface area (Å²) in [4.78, 5) is 26.8. The van der Waals surface area contributed by atoms with E-state index in [4.69, 9.17) is 0 Å². The van der Waals surface area contributed by atoms with Gasteiger partial charge in [0.25, 0.3) is 11.6 Å². The lowest BCUT2D eigenvalue weighted by atomic mass is 9.99. The van der Waals surface area contributed by atoms with E-state index >= 15 is 0 Å². The second-order valence-electron chi connectivity index (χ2n) is 5.91. The molecule has 0 aliphatic carbocycles. The molecular formula is C15H19N3O3. The van der Waals surface area contributed by atoms with E-state index in [0.717, 1.165) is 30.6 Å². The van der Waals surface area contributed by atoms with E-state index < -0.39 is 4.92 Å². The lowest BCUT2D eigenvalue weighted by Gasteiger charge is -2.36. The van der Waals surface area contributed by atoms with Crippen molar-refractivity contribution < 1.29 is 9.72 Å². The van der Waals surface area contributed by atoms with Gasteiger partial charge in [0.15, 0.2) is 0 Å². The number of anilines is 1. The lowest BCUT2D eigenvalue weighted by molar-refractivity contribution is -0.385. The van der Waals surface area contributed by atoms with Gasteiger partial charge in [0.05, 0.1) is 4.92 Å². The molecule has 0 radical (unpaired) electrons. The molecule has 2 heterocycles. The van der Waals surface area contributed by atoms with Crippen molar-refractivity contribution in [2.45, 2.75) is 38.8 Å². The zero-order valence-corrected chi connectivity index (χ0v) is 12.3. The van der Waals surface area contributed by atoms with Crippen LogP contribution < -0.4 is 4.90 Å². The van der Waals surface area contributed by atoms with E-state index in [1.165, 1.54) is 12.5 Å². The van der Waals surface area contributed by atoms with Gasteiger partial charge >= 0.3 is 0 Å². The summed E-state index contributed by atoms with van der Waals surface area (Å²) in [5.41, 5.74) is 2.00. The van der Waals surface area contributed by atoms with Crippen LogP contribution in [0.3, 0.4) is 0 Å². The van der Waals surface area contributed by atoms with Crippen molar-refractivity contribution in [1.29, 1.82) is 0 Å². The van der Waals surface area contributed by atoms with Gasteiger partial charge in [-0.05, 0) is 32.3 Å². The number of benzene rings is 1. The van der Waals surface area contributed by atoms with Gasteiger partial charge < -0.3 is 9.80 Å². The van der Waals surface area contributed by atoms with Crippen LogP contribution in [-0.4, -0.2) is 35.4 Å². The van der Waals surface area contributed by atoms with Crippen molar-refractivity contribution >= 4 is 17.3 Å². The fraction of sp³-hybridized carbons (Fsp3) is 0.533. The van der Waals surface area contributed by atoms with Crippen LogP contribution in [0.4, 0.5) is 11.4 Å². The highest BCUT2D eigenvalue weighted by Gasteiger charge is 2.36. The maximum Gasteiger partial charge on any atom is 0.282 e. The smallest absolute Gasteiger partial charge is 0.282 e. The van der Waals surface area contributed by atoms with E-state index in [1.54, 1.807) is 11.9 Å². The first-order chi connectivity index (χ1) is 10.0. The van der Waals surface area contributed by atoms with Crippen LogP contribution in [0.15, 0.2) is 12.1 Å². The van der Waals surface area contributed by atoms with Gasteiger partial charge in [-0.15, -0.1) is 0 Å². The van der Waals surface area contributed by atoms with Crippen LogP contribution in [0.1, 0.15) is 42.1 Å². The Hall–Kier alpha value is -2.11. The molecule has 0 aromatic heterocycles. The molecule has 1 saturated heterocycles. The van der Waals surface area contributed by atoms with Crippen LogP contribution in [0.25, 0.3) is 0 Å². The number of nitro benzene ring substituents is 1. The van der Waals surface area contributed by atoms with Crippen LogP contribution in [0.2, 0.25) is 0 Å². The SMILES string of the molecule is CC1CCCCN1c1ccc([N+](=O)[O-])c2c1CN(C)C2=O. The molecule has 1 aromatic rings. The van der Waals surface area contributed by atoms with Gasteiger partial charge in [-0.1, -0.05) is 0 Å². The van der Waals surface area contributed by atoms with E-state index in [-0.39, 0.29) is 17.2 Å². The van der Waals surface area contributed by atoms with Crippen molar-refractivity contribution in [2.24, 2.45) is 0 Å². The average Bonchev–Trinajstić information content (AvgIpc) is 2.75. The van der Waals surface area contributed by atoms with Gasteiger partial charge in [0.1, 0.15) is 5.56 Å². The molecule has 6 heteroatoms. The predicted octanol–water partition coefficient (Wildman–Crippen LogP) is 2.56. The molecule has 0 bridgehead atoms. The highest BCUT2D eigenvalue weighted by atomic mass is 16.6. The minimum atomic E-state index is -0.459. The Labute approximate surface area is 123 Å². The number of hydrogen-bond acceptors (Lipinski definition) is 4. The fourth-order valence-corrected chi connectivity index (χ4v) is 3.40.